The second-order valence-electron chi connectivity index (χ2n) is 8.24. The fraction of sp³-hybridized carbons (Fsp3) is 0.478. The maximum Gasteiger partial charge on any atom is 0.145 e. The number of halogens is 1. The van der Waals surface area contributed by atoms with Crippen LogP contribution in [0.1, 0.15) is 42.1 Å². The zero-order valence-corrected chi connectivity index (χ0v) is 16.0. The molecule has 0 radical (unpaired) electrons. The highest BCUT2D eigenvalue weighted by atomic mass is 19.1. The minimum absolute atomic E-state index is 0.0267. The molecular weight excluding hydrogens is 355 g/mol. The van der Waals surface area contributed by atoms with Gasteiger partial charge in [-0.2, -0.15) is 0 Å². The van der Waals surface area contributed by atoms with Crippen LogP contribution in [-0.2, 0) is 12.8 Å². The van der Waals surface area contributed by atoms with Crippen LogP contribution in [0, 0.1) is 5.82 Å². The van der Waals surface area contributed by atoms with Gasteiger partial charge in [0.25, 0.3) is 0 Å². The van der Waals surface area contributed by atoms with E-state index in [0.29, 0.717) is 12.5 Å². The Labute approximate surface area is 165 Å². The van der Waals surface area contributed by atoms with E-state index in [9.17, 15) is 9.50 Å². The minimum atomic E-state index is -0.553. The minimum Gasteiger partial charge on any atom is -0.491 e. The van der Waals surface area contributed by atoms with Crippen molar-refractivity contribution in [2.24, 2.45) is 0 Å². The number of nitrogens with zero attached hydrogens (tertiary/aromatic N) is 1. The molecule has 0 amide bonds. The highest BCUT2D eigenvalue weighted by Gasteiger charge is 2.33. The predicted octanol–water partition coefficient (Wildman–Crippen LogP) is 3.37. The van der Waals surface area contributed by atoms with Crippen LogP contribution in [0.4, 0.5) is 10.1 Å². The van der Waals surface area contributed by atoms with Crippen molar-refractivity contribution in [3.05, 3.63) is 58.9 Å². The van der Waals surface area contributed by atoms with Gasteiger partial charge < -0.3 is 20.1 Å². The molecule has 1 fully saturated rings. The van der Waals surface area contributed by atoms with Gasteiger partial charge >= 0.3 is 0 Å². The molecule has 0 unspecified atom stereocenters. The lowest BCUT2D eigenvalue weighted by molar-refractivity contribution is 0.132. The summed E-state index contributed by atoms with van der Waals surface area (Å²) in [6.45, 7) is 2.76. The first-order valence-corrected chi connectivity index (χ1v) is 10.4. The van der Waals surface area contributed by atoms with Crippen molar-refractivity contribution in [1.82, 2.24) is 5.32 Å². The van der Waals surface area contributed by atoms with E-state index in [-0.39, 0.29) is 11.9 Å². The van der Waals surface area contributed by atoms with Gasteiger partial charge in [0.2, 0.25) is 0 Å². The zero-order chi connectivity index (χ0) is 19.1. The number of fused-ring (bicyclic) bond motifs is 2. The first-order chi connectivity index (χ1) is 13.7. The van der Waals surface area contributed by atoms with Crippen molar-refractivity contribution in [3.63, 3.8) is 0 Å². The number of piperidine rings is 1. The number of aliphatic hydroxyl groups excluding tert-OH is 1. The molecule has 3 aliphatic rings. The number of nitrogens with one attached hydrogen (secondary N) is 1. The molecule has 0 spiro atoms. The molecule has 1 aliphatic carbocycles. The molecule has 5 rings (SSSR count). The van der Waals surface area contributed by atoms with E-state index in [1.165, 1.54) is 17.3 Å². The molecule has 2 atom stereocenters. The third-order valence-corrected chi connectivity index (χ3v) is 6.44. The quantitative estimate of drug-likeness (QED) is 0.854. The van der Waals surface area contributed by atoms with E-state index in [0.717, 1.165) is 62.3 Å². The number of aliphatic hydroxyl groups is 1. The normalized spacial score (nSPS) is 24.6. The van der Waals surface area contributed by atoms with Gasteiger partial charge in [-0.15, -0.1) is 0 Å². The van der Waals surface area contributed by atoms with Crippen molar-refractivity contribution in [2.45, 2.75) is 50.3 Å². The van der Waals surface area contributed by atoms with Gasteiger partial charge in [-0.25, -0.2) is 4.39 Å². The van der Waals surface area contributed by atoms with Crippen molar-refractivity contribution in [3.8, 4) is 5.75 Å². The van der Waals surface area contributed by atoms with Crippen LogP contribution in [0.5, 0.6) is 5.75 Å². The molecule has 2 aromatic rings. The van der Waals surface area contributed by atoms with Gasteiger partial charge in [0.05, 0.1) is 18.4 Å². The highest BCUT2D eigenvalue weighted by molar-refractivity contribution is 5.62. The van der Waals surface area contributed by atoms with E-state index in [2.05, 4.69) is 28.4 Å². The molecule has 2 heterocycles. The molecule has 5 heteroatoms. The Morgan fingerprint density at radius 1 is 1.11 bits per heavy atom. The third kappa shape index (κ3) is 3.27. The zero-order valence-electron chi connectivity index (χ0n) is 16.0. The summed E-state index contributed by atoms with van der Waals surface area (Å²) in [6.07, 6.45) is 4.38. The summed E-state index contributed by atoms with van der Waals surface area (Å²) in [4.78, 5) is 2.43. The lowest BCUT2D eigenvalue weighted by atomic mass is 10.00. The Hall–Kier alpha value is -2.11. The van der Waals surface area contributed by atoms with E-state index in [4.69, 9.17) is 4.74 Å². The Bertz CT molecular complexity index is 864. The van der Waals surface area contributed by atoms with Crippen molar-refractivity contribution in [1.29, 1.82) is 0 Å². The molecule has 28 heavy (non-hydrogen) atoms. The smallest absolute Gasteiger partial charge is 0.145 e. The fourth-order valence-electron chi connectivity index (χ4n) is 4.97. The van der Waals surface area contributed by atoms with Gasteiger partial charge in [0.1, 0.15) is 11.6 Å². The van der Waals surface area contributed by atoms with Crippen LogP contribution in [0.2, 0.25) is 0 Å². The van der Waals surface area contributed by atoms with Gasteiger partial charge in [0, 0.05) is 25.2 Å². The van der Waals surface area contributed by atoms with E-state index in [1.807, 2.05) is 0 Å². The van der Waals surface area contributed by atoms with Crippen LogP contribution in [0.15, 0.2) is 36.4 Å². The first-order valence-electron chi connectivity index (χ1n) is 10.4. The molecule has 1 saturated heterocycles. The lowest BCUT2D eigenvalue weighted by Crippen LogP contribution is -2.47. The van der Waals surface area contributed by atoms with Crippen molar-refractivity contribution < 1.29 is 14.2 Å². The molecule has 2 N–H and O–H groups in total. The third-order valence-electron chi connectivity index (χ3n) is 6.44. The second kappa shape index (κ2) is 7.37. The van der Waals surface area contributed by atoms with Gasteiger partial charge in [-0.3, -0.25) is 0 Å². The Morgan fingerprint density at radius 2 is 1.96 bits per heavy atom. The number of benzene rings is 2. The van der Waals surface area contributed by atoms with E-state index >= 15 is 0 Å². The molecule has 0 bridgehead atoms. The van der Waals surface area contributed by atoms with Crippen LogP contribution in [-0.4, -0.2) is 36.9 Å². The molecule has 4 nitrogen and oxygen atoms in total. The SMILES string of the molecule is O[C@@H]1c2ccc(F)cc2C[C@H]1NC1CCN(c2cccc3c2OCCC3)CC1. The highest BCUT2D eigenvalue weighted by Crippen LogP contribution is 2.37. The Kier molecular flexibility index (Phi) is 4.73. The molecular formula is C23H27FN2O2. The number of ether oxygens (including phenoxy) is 1. The summed E-state index contributed by atoms with van der Waals surface area (Å²) >= 11 is 0. The summed E-state index contributed by atoms with van der Waals surface area (Å²) in [5.74, 6) is 0.845. The number of para-hydroxylation sites is 1. The topological polar surface area (TPSA) is 44.7 Å². The van der Waals surface area contributed by atoms with Crippen molar-refractivity contribution in [2.75, 3.05) is 24.6 Å². The lowest BCUT2D eigenvalue weighted by Gasteiger charge is -2.37. The summed E-state index contributed by atoms with van der Waals surface area (Å²) < 4.78 is 19.5. The molecule has 0 saturated carbocycles. The molecule has 0 aromatic heterocycles. The van der Waals surface area contributed by atoms with Crippen LogP contribution in [0.25, 0.3) is 0 Å². The summed E-state index contributed by atoms with van der Waals surface area (Å²) in [6, 6.07) is 11.5. The van der Waals surface area contributed by atoms with Crippen LogP contribution in [0.3, 0.4) is 0 Å². The number of hydrogen-bond donors (Lipinski definition) is 2. The second-order valence-corrected chi connectivity index (χ2v) is 8.24. The van der Waals surface area contributed by atoms with Gasteiger partial charge in [-0.05, 0) is 67.0 Å². The molecule has 148 valence electrons. The number of hydrogen-bond acceptors (Lipinski definition) is 4. The van der Waals surface area contributed by atoms with Crippen LogP contribution >= 0.6 is 0 Å². The van der Waals surface area contributed by atoms with Crippen molar-refractivity contribution >= 4 is 5.69 Å². The Balaban J connectivity index is 1.22. The number of anilines is 1. The van der Waals surface area contributed by atoms with E-state index in [1.54, 1.807) is 12.1 Å². The summed E-state index contributed by atoms with van der Waals surface area (Å²) in [5.41, 5.74) is 4.34. The summed E-state index contributed by atoms with van der Waals surface area (Å²) in [7, 11) is 0. The predicted molar refractivity (Wildman–Crippen MR) is 107 cm³/mol. The standard InChI is InChI=1S/C23H27FN2O2/c24-17-6-7-19-16(13-17)14-20(22(19)27)25-18-8-10-26(11-9-18)21-5-1-3-15-4-2-12-28-23(15)21/h1,3,5-7,13,18,20,22,25,27H,2,4,8-12,14H2/t20-,22-/m1/s1. The maximum atomic E-state index is 13.5. The maximum absolute atomic E-state index is 13.5. The van der Waals surface area contributed by atoms with Crippen LogP contribution < -0.4 is 15.0 Å². The molecule has 2 aromatic carbocycles. The summed E-state index contributed by atoms with van der Waals surface area (Å²) in [5, 5.41) is 14.3. The van der Waals surface area contributed by atoms with Gasteiger partial charge in [0.15, 0.2) is 0 Å². The molecule has 2 aliphatic heterocycles. The first kappa shape index (κ1) is 18.0. The fourth-order valence-corrected chi connectivity index (χ4v) is 4.97. The number of aryl methyl sites for hydroxylation is 1. The number of rotatable bonds is 3. The average molecular weight is 382 g/mol. The average Bonchev–Trinajstić information content (AvgIpc) is 3.02. The van der Waals surface area contributed by atoms with E-state index < -0.39 is 6.10 Å². The van der Waals surface area contributed by atoms with Gasteiger partial charge in [-0.1, -0.05) is 18.2 Å². The Morgan fingerprint density at radius 3 is 2.82 bits per heavy atom. The largest absolute Gasteiger partial charge is 0.491 e. The monoisotopic (exact) mass is 382 g/mol.